The van der Waals surface area contributed by atoms with Gasteiger partial charge in [-0.1, -0.05) is 132 Å². The Hall–Kier alpha value is -2.75. The fourth-order valence-electron chi connectivity index (χ4n) is 6.33. The second-order valence-corrected chi connectivity index (χ2v) is 17.1. The van der Waals surface area contributed by atoms with Crippen LogP contribution in [0.2, 0.25) is 0 Å². The van der Waals surface area contributed by atoms with Crippen molar-refractivity contribution in [3.8, 4) is 0 Å². The molecule has 62 heavy (non-hydrogen) atoms. The van der Waals surface area contributed by atoms with Crippen molar-refractivity contribution in [3.05, 3.63) is 72.9 Å². The monoisotopic (exact) mass is 899 g/mol. The molecule has 0 bridgehead atoms. The zero-order chi connectivity index (χ0) is 45.9. The molecule has 0 aliphatic heterocycles. The van der Waals surface area contributed by atoms with E-state index in [0.717, 1.165) is 83.5 Å². The molecule has 1 rings (SSSR count). The summed E-state index contributed by atoms with van der Waals surface area (Å²) in [6, 6.07) is 0. The van der Waals surface area contributed by atoms with Gasteiger partial charge in [-0.2, -0.15) is 0 Å². The lowest BCUT2D eigenvalue weighted by molar-refractivity contribution is -0.220. The Morgan fingerprint density at radius 2 is 1.03 bits per heavy atom. The van der Waals surface area contributed by atoms with Crippen LogP contribution in [0, 0.1) is 0 Å². The number of carbonyl (C=O) groups is 2. The summed E-state index contributed by atoms with van der Waals surface area (Å²) in [6.45, 7) is 3.04. The molecule has 1 aliphatic rings. The summed E-state index contributed by atoms with van der Waals surface area (Å²) in [6.07, 6.45) is 28.6. The first-order chi connectivity index (χ1) is 29.8. The molecule has 0 aromatic heterocycles. The molecule has 1 aliphatic carbocycles. The van der Waals surface area contributed by atoms with Crippen molar-refractivity contribution >= 4 is 19.8 Å². The van der Waals surface area contributed by atoms with Crippen molar-refractivity contribution in [3.63, 3.8) is 0 Å². The fraction of sp³-hybridized carbons (Fsp3) is 0.702. The number of phosphoric acid groups is 1. The molecule has 3 unspecified atom stereocenters. The van der Waals surface area contributed by atoms with E-state index in [-0.39, 0.29) is 18.9 Å². The number of unbranched alkanes of at least 4 members (excludes halogenated alkanes) is 10. The quantitative estimate of drug-likeness (QED) is 0.0138. The average Bonchev–Trinajstić information content (AvgIpc) is 3.25. The summed E-state index contributed by atoms with van der Waals surface area (Å²) in [5.41, 5.74) is 0. The molecule has 0 amide bonds. The average molecular weight is 899 g/mol. The van der Waals surface area contributed by atoms with Gasteiger partial charge in [0.2, 0.25) is 0 Å². The van der Waals surface area contributed by atoms with Crippen LogP contribution in [-0.4, -0.2) is 110 Å². The van der Waals surface area contributed by atoms with Crippen LogP contribution < -0.4 is 0 Å². The third-order valence-electron chi connectivity index (χ3n) is 10.1. The van der Waals surface area contributed by atoms with E-state index in [9.17, 15) is 49.7 Å². The first-order valence-electron chi connectivity index (χ1n) is 22.8. The van der Waals surface area contributed by atoms with Gasteiger partial charge in [-0.05, 0) is 77.0 Å². The molecule has 1 saturated carbocycles. The lowest BCUT2D eigenvalue weighted by atomic mass is 9.85. The molecule has 1 fully saturated rings. The smallest absolute Gasteiger partial charge is 0.462 e. The molecule has 0 radical (unpaired) electrons. The van der Waals surface area contributed by atoms with Gasteiger partial charge in [-0.3, -0.25) is 18.6 Å². The molecule has 15 heteroatoms. The normalized spacial score (nSPS) is 23.0. The number of ether oxygens (including phenoxy) is 2. The predicted molar refractivity (Wildman–Crippen MR) is 241 cm³/mol. The maximum atomic E-state index is 12.8. The van der Waals surface area contributed by atoms with Crippen LogP contribution in [0.5, 0.6) is 0 Å². The Kier molecular flexibility index (Phi) is 33.8. The van der Waals surface area contributed by atoms with Crippen LogP contribution in [0.25, 0.3) is 0 Å². The number of carbonyl (C=O) groups excluding carboxylic acids is 2. The molecule has 0 spiro atoms. The summed E-state index contributed by atoms with van der Waals surface area (Å²) >= 11 is 0. The molecule has 0 aromatic carbocycles. The maximum Gasteiger partial charge on any atom is 0.472 e. The van der Waals surface area contributed by atoms with E-state index in [4.69, 9.17) is 18.5 Å². The minimum absolute atomic E-state index is 0.00267. The van der Waals surface area contributed by atoms with Crippen molar-refractivity contribution < 1.29 is 68.2 Å². The number of phosphoric ester groups is 1. The van der Waals surface area contributed by atoms with Crippen molar-refractivity contribution in [1.29, 1.82) is 0 Å². The molecule has 356 valence electrons. The van der Waals surface area contributed by atoms with Gasteiger partial charge in [0.25, 0.3) is 0 Å². The molecular weight excluding hydrogens is 819 g/mol. The largest absolute Gasteiger partial charge is 0.472 e. The van der Waals surface area contributed by atoms with Crippen LogP contribution in [-0.2, 0) is 32.7 Å². The number of rotatable bonds is 36. The van der Waals surface area contributed by atoms with Crippen LogP contribution in [0.3, 0.4) is 0 Å². The Balaban J connectivity index is 2.54. The van der Waals surface area contributed by atoms with Crippen LogP contribution >= 0.6 is 7.82 Å². The summed E-state index contributed by atoms with van der Waals surface area (Å²) in [4.78, 5) is 35.7. The first-order valence-corrected chi connectivity index (χ1v) is 24.3. The van der Waals surface area contributed by atoms with Gasteiger partial charge < -0.3 is 45.0 Å². The highest BCUT2D eigenvalue weighted by Crippen LogP contribution is 2.47. The molecular formula is C47H79O14P. The van der Waals surface area contributed by atoms with Gasteiger partial charge in [0.05, 0.1) is 12.7 Å². The first kappa shape index (κ1) is 57.3. The topological polar surface area (TPSA) is 230 Å². The Morgan fingerprint density at radius 1 is 0.565 bits per heavy atom. The number of allylic oxidation sites excluding steroid dienone is 11. The van der Waals surface area contributed by atoms with E-state index < -0.39 is 75.7 Å². The number of aliphatic hydroxyl groups excluding tert-OH is 6. The molecule has 0 heterocycles. The highest BCUT2D eigenvalue weighted by atomic mass is 31.2. The van der Waals surface area contributed by atoms with Crippen LogP contribution in [0.4, 0.5) is 0 Å². The summed E-state index contributed by atoms with van der Waals surface area (Å²) < 4.78 is 33.4. The summed E-state index contributed by atoms with van der Waals surface area (Å²) in [5.74, 6) is -1.21. The third-order valence-corrected chi connectivity index (χ3v) is 11.1. The zero-order valence-electron chi connectivity index (χ0n) is 37.2. The molecule has 0 saturated heterocycles. The van der Waals surface area contributed by atoms with Crippen LogP contribution in [0.1, 0.15) is 149 Å². The van der Waals surface area contributed by atoms with Crippen LogP contribution in [0.15, 0.2) is 72.9 Å². The summed E-state index contributed by atoms with van der Waals surface area (Å²) in [5, 5.41) is 59.9. The second-order valence-electron chi connectivity index (χ2n) is 15.7. The van der Waals surface area contributed by atoms with E-state index in [1.54, 1.807) is 0 Å². The van der Waals surface area contributed by atoms with Gasteiger partial charge in [0.15, 0.2) is 6.10 Å². The van der Waals surface area contributed by atoms with Crippen molar-refractivity contribution in [2.24, 2.45) is 0 Å². The summed E-state index contributed by atoms with van der Waals surface area (Å²) in [7, 11) is -5.15. The molecule has 7 N–H and O–H groups in total. The van der Waals surface area contributed by atoms with E-state index in [1.807, 2.05) is 30.4 Å². The standard InChI is InChI=1S/C47H79O14P/c1-3-5-7-8-9-10-11-12-13-14-18-21-24-27-30-34-40(49)58-36-39(37-59-62(56,57)61-47-45(54)43(52)42(51)44(53)46(47)55)60-41(50)35-31-28-25-22-19-16-15-17-20-23-26-29-33-38(48)32-6-4-2/h9-10,12-13,15-16,20,22-23,25,29,33,38-39,42-48,51-55H,3-8,11,14,17-19,21,24,26-28,30-32,34-37H2,1-2H3,(H,56,57)/b10-9-,13-12-,16-15-,23-20-,25-22-,33-29-/t38-,39-,42?,43-,44+,45-,46-,47?/m1/s1. The SMILES string of the molecule is CCCCC/C=C\C/C=C\CCCCCCCC(=O)OC[C@H](COP(=O)(O)OC1[C@H](O)[C@H](O)C(O)[C@H](O)[C@H]1O)OC(=O)CCC/C=C\C/C=C\C/C=C\C/C=C\[C@H](O)CCCC. The zero-order valence-corrected chi connectivity index (χ0v) is 38.1. The second kappa shape index (κ2) is 36.6. The van der Waals surface area contributed by atoms with E-state index in [1.165, 1.54) is 19.3 Å². The fourth-order valence-corrected chi connectivity index (χ4v) is 7.30. The van der Waals surface area contributed by atoms with E-state index in [2.05, 4.69) is 56.4 Å². The highest BCUT2D eigenvalue weighted by molar-refractivity contribution is 7.47. The van der Waals surface area contributed by atoms with Crippen molar-refractivity contribution in [2.45, 2.75) is 198 Å². The number of hydrogen-bond acceptors (Lipinski definition) is 13. The van der Waals surface area contributed by atoms with Gasteiger partial charge >= 0.3 is 19.8 Å². The molecule has 9 atom stereocenters. The maximum absolute atomic E-state index is 12.8. The third kappa shape index (κ3) is 28.8. The Bertz CT molecular complexity index is 1380. The lowest BCUT2D eigenvalue weighted by Gasteiger charge is -2.41. The highest BCUT2D eigenvalue weighted by Gasteiger charge is 2.51. The van der Waals surface area contributed by atoms with Gasteiger partial charge in [-0.25, -0.2) is 4.57 Å². The molecule has 0 aromatic rings. The minimum atomic E-state index is -5.15. The van der Waals surface area contributed by atoms with Gasteiger partial charge in [-0.15, -0.1) is 0 Å². The van der Waals surface area contributed by atoms with Crippen molar-refractivity contribution in [1.82, 2.24) is 0 Å². The predicted octanol–water partition coefficient (Wildman–Crippen LogP) is 7.69. The minimum Gasteiger partial charge on any atom is -0.462 e. The lowest BCUT2D eigenvalue weighted by Crippen LogP contribution is -2.64. The van der Waals surface area contributed by atoms with E-state index >= 15 is 0 Å². The Labute approximate surface area is 370 Å². The Morgan fingerprint density at radius 3 is 1.61 bits per heavy atom. The number of hydrogen-bond donors (Lipinski definition) is 7. The van der Waals surface area contributed by atoms with E-state index in [0.29, 0.717) is 19.3 Å². The van der Waals surface area contributed by atoms with Gasteiger partial charge in [0.1, 0.15) is 43.2 Å². The molecule has 14 nitrogen and oxygen atoms in total. The number of esters is 2. The van der Waals surface area contributed by atoms with Crippen molar-refractivity contribution in [2.75, 3.05) is 13.2 Å². The van der Waals surface area contributed by atoms with Gasteiger partial charge in [0, 0.05) is 12.8 Å². The number of aliphatic hydroxyl groups is 6.